The highest BCUT2D eigenvalue weighted by molar-refractivity contribution is 5.79. The largest absolute Gasteiger partial charge is 0.480 e. The van der Waals surface area contributed by atoms with E-state index in [9.17, 15) is 9.90 Å². The number of hydrogen-bond donors (Lipinski definition) is 1. The molecule has 0 unspecified atom stereocenters. The first-order valence-corrected chi connectivity index (χ1v) is 6.87. The molecule has 0 spiro atoms. The van der Waals surface area contributed by atoms with E-state index in [2.05, 4.69) is 50.8 Å². The van der Waals surface area contributed by atoms with Crippen molar-refractivity contribution in [3.63, 3.8) is 0 Å². The maximum atomic E-state index is 11.4. The third-order valence-electron chi connectivity index (χ3n) is 4.18. The number of hydrogen-bond acceptors (Lipinski definition) is 2. The quantitative estimate of drug-likeness (QED) is 0.885. The molecule has 2 rings (SSSR count). The molecule has 0 amide bonds. The number of carbonyl (C=O) groups is 1. The zero-order valence-corrected chi connectivity index (χ0v) is 12.4. The van der Waals surface area contributed by atoms with Gasteiger partial charge in [0.1, 0.15) is 6.04 Å². The van der Waals surface area contributed by atoms with E-state index in [4.69, 9.17) is 0 Å². The average molecular weight is 261 g/mol. The molecule has 1 aromatic rings. The number of rotatable bonds is 2. The van der Waals surface area contributed by atoms with Gasteiger partial charge in [0, 0.05) is 11.2 Å². The summed E-state index contributed by atoms with van der Waals surface area (Å²) in [7, 11) is 0. The molecule has 2 atom stereocenters. The lowest BCUT2D eigenvalue weighted by molar-refractivity contribution is -0.138. The summed E-state index contributed by atoms with van der Waals surface area (Å²) < 4.78 is 0. The Hall–Kier alpha value is -1.51. The molecule has 1 aromatic carbocycles. The van der Waals surface area contributed by atoms with Crippen LogP contribution in [0.2, 0.25) is 0 Å². The molecule has 3 heteroatoms. The number of carboxylic acids is 1. The van der Waals surface area contributed by atoms with Crippen LogP contribution in [-0.2, 0) is 4.79 Å². The maximum absolute atomic E-state index is 11.4. The predicted octanol–water partition coefficient (Wildman–Crippen LogP) is 3.56. The van der Waals surface area contributed by atoms with Gasteiger partial charge in [0.05, 0.1) is 0 Å². The second kappa shape index (κ2) is 4.55. The number of aliphatic carboxylic acids is 1. The molecule has 3 nitrogen and oxygen atoms in total. The second-order valence-electron chi connectivity index (χ2n) is 6.36. The van der Waals surface area contributed by atoms with Crippen molar-refractivity contribution in [2.24, 2.45) is 0 Å². The molecule has 104 valence electrons. The molecule has 1 heterocycles. The van der Waals surface area contributed by atoms with Crippen molar-refractivity contribution < 1.29 is 9.90 Å². The third kappa shape index (κ3) is 2.34. The van der Waals surface area contributed by atoms with E-state index in [1.54, 1.807) is 6.92 Å². The molecule has 0 saturated carbocycles. The van der Waals surface area contributed by atoms with Crippen LogP contribution < -0.4 is 4.90 Å². The minimum absolute atomic E-state index is 0.139. The number of anilines is 1. The van der Waals surface area contributed by atoms with Crippen LogP contribution in [-0.4, -0.2) is 22.7 Å². The van der Waals surface area contributed by atoms with Crippen LogP contribution in [0.3, 0.4) is 0 Å². The summed E-state index contributed by atoms with van der Waals surface area (Å²) in [4.78, 5) is 13.5. The first-order chi connectivity index (χ1) is 8.74. The van der Waals surface area contributed by atoms with Gasteiger partial charge >= 0.3 is 5.97 Å². The Labute approximate surface area is 115 Å². The smallest absolute Gasteiger partial charge is 0.326 e. The van der Waals surface area contributed by atoms with Crippen LogP contribution >= 0.6 is 0 Å². The van der Waals surface area contributed by atoms with Crippen LogP contribution in [0.1, 0.15) is 51.2 Å². The van der Waals surface area contributed by atoms with Gasteiger partial charge in [-0.1, -0.05) is 24.6 Å². The minimum Gasteiger partial charge on any atom is -0.480 e. The summed E-state index contributed by atoms with van der Waals surface area (Å²) in [5.74, 6) is -0.309. The Balaban J connectivity index is 2.58. The van der Waals surface area contributed by atoms with E-state index in [1.807, 2.05) is 0 Å². The summed E-state index contributed by atoms with van der Waals surface area (Å²) in [6.45, 7) is 10.3. The van der Waals surface area contributed by atoms with Crippen molar-refractivity contribution in [1.29, 1.82) is 0 Å². The van der Waals surface area contributed by atoms with E-state index in [1.165, 1.54) is 11.1 Å². The van der Waals surface area contributed by atoms with Gasteiger partial charge in [0.25, 0.3) is 0 Å². The Morgan fingerprint density at radius 2 is 2.11 bits per heavy atom. The molecule has 0 aliphatic carbocycles. The van der Waals surface area contributed by atoms with E-state index >= 15 is 0 Å². The fourth-order valence-corrected chi connectivity index (χ4v) is 3.42. The fraction of sp³-hybridized carbons (Fsp3) is 0.562. The lowest BCUT2D eigenvalue weighted by Crippen LogP contribution is -2.55. The zero-order valence-electron chi connectivity index (χ0n) is 12.4. The average Bonchev–Trinajstić information content (AvgIpc) is 2.28. The van der Waals surface area contributed by atoms with Crippen molar-refractivity contribution in [1.82, 2.24) is 0 Å². The number of benzene rings is 1. The van der Waals surface area contributed by atoms with Gasteiger partial charge in [-0.25, -0.2) is 4.79 Å². The zero-order chi connectivity index (χ0) is 14.4. The van der Waals surface area contributed by atoms with Gasteiger partial charge in [-0.05, 0) is 51.7 Å². The van der Waals surface area contributed by atoms with Crippen molar-refractivity contribution in [3.05, 3.63) is 29.3 Å². The van der Waals surface area contributed by atoms with Gasteiger partial charge in [0.15, 0.2) is 0 Å². The molecule has 0 saturated heterocycles. The Kier molecular flexibility index (Phi) is 3.33. The first-order valence-electron chi connectivity index (χ1n) is 6.87. The molecule has 0 bridgehead atoms. The molecule has 19 heavy (non-hydrogen) atoms. The SMILES string of the molecule is Cc1ccc2c(c1)[C@H](C)CC(C)(C)N2[C@H](C)C(=O)O. The van der Waals surface area contributed by atoms with E-state index < -0.39 is 12.0 Å². The lowest BCUT2D eigenvalue weighted by Gasteiger charge is -2.49. The highest BCUT2D eigenvalue weighted by atomic mass is 16.4. The highest BCUT2D eigenvalue weighted by Gasteiger charge is 2.40. The van der Waals surface area contributed by atoms with Crippen LogP contribution in [0.4, 0.5) is 5.69 Å². The summed E-state index contributed by atoms with van der Waals surface area (Å²) in [6, 6.07) is 5.82. The number of fused-ring (bicyclic) bond motifs is 1. The van der Waals surface area contributed by atoms with Gasteiger partial charge in [-0.3, -0.25) is 0 Å². The van der Waals surface area contributed by atoms with Gasteiger partial charge in [0.2, 0.25) is 0 Å². The van der Waals surface area contributed by atoms with Crippen molar-refractivity contribution in [2.75, 3.05) is 4.90 Å². The summed E-state index contributed by atoms with van der Waals surface area (Å²) in [5, 5.41) is 9.37. The predicted molar refractivity (Wildman–Crippen MR) is 77.9 cm³/mol. The number of carboxylic acid groups (broad SMARTS) is 1. The molecule has 1 N–H and O–H groups in total. The molecular weight excluding hydrogens is 238 g/mol. The molecular formula is C16H23NO2. The van der Waals surface area contributed by atoms with Gasteiger partial charge in [-0.15, -0.1) is 0 Å². The molecule has 0 aromatic heterocycles. The Morgan fingerprint density at radius 1 is 1.47 bits per heavy atom. The molecule has 1 aliphatic heterocycles. The number of aryl methyl sites for hydroxylation is 1. The monoisotopic (exact) mass is 261 g/mol. The summed E-state index contributed by atoms with van der Waals surface area (Å²) >= 11 is 0. The number of nitrogens with zero attached hydrogens (tertiary/aromatic N) is 1. The van der Waals surface area contributed by atoms with Gasteiger partial charge in [-0.2, -0.15) is 0 Å². The van der Waals surface area contributed by atoms with Crippen molar-refractivity contribution in [3.8, 4) is 0 Å². The van der Waals surface area contributed by atoms with Crippen LogP contribution in [0, 0.1) is 6.92 Å². The Morgan fingerprint density at radius 3 is 2.68 bits per heavy atom. The molecule has 0 radical (unpaired) electrons. The van der Waals surface area contributed by atoms with Crippen LogP contribution in [0.25, 0.3) is 0 Å². The van der Waals surface area contributed by atoms with Gasteiger partial charge < -0.3 is 10.0 Å². The van der Waals surface area contributed by atoms with Crippen molar-refractivity contribution in [2.45, 2.75) is 58.5 Å². The van der Waals surface area contributed by atoms with Crippen LogP contribution in [0.15, 0.2) is 18.2 Å². The van der Waals surface area contributed by atoms with E-state index in [-0.39, 0.29) is 5.54 Å². The standard InChI is InChI=1S/C16H23NO2/c1-10-6-7-14-13(8-10)11(2)9-16(4,5)17(14)12(3)15(18)19/h6-8,11-12H,9H2,1-5H3,(H,18,19)/t11-,12-/m1/s1. The third-order valence-corrected chi connectivity index (χ3v) is 4.18. The first kappa shape index (κ1) is 13.9. The highest BCUT2D eigenvalue weighted by Crippen LogP contribution is 2.44. The minimum atomic E-state index is -0.769. The van der Waals surface area contributed by atoms with Crippen molar-refractivity contribution >= 4 is 11.7 Å². The van der Waals surface area contributed by atoms with E-state index in [0.29, 0.717) is 5.92 Å². The summed E-state index contributed by atoms with van der Waals surface area (Å²) in [5.41, 5.74) is 3.43. The fourth-order valence-electron chi connectivity index (χ4n) is 3.42. The summed E-state index contributed by atoms with van der Waals surface area (Å²) in [6.07, 6.45) is 0.973. The van der Waals surface area contributed by atoms with E-state index in [0.717, 1.165) is 12.1 Å². The second-order valence-corrected chi connectivity index (χ2v) is 6.36. The lowest BCUT2D eigenvalue weighted by atomic mass is 9.79. The normalized spacial score (nSPS) is 22.8. The maximum Gasteiger partial charge on any atom is 0.326 e. The van der Waals surface area contributed by atoms with Crippen LogP contribution in [0.5, 0.6) is 0 Å². The topological polar surface area (TPSA) is 40.5 Å². The molecule has 0 fully saturated rings. The Bertz CT molecular complexity index is 507. The molecule has 1 aliphatic rings.